The largest absolute Gasteiger partial charge is 0.348 e. The van der Waals surface area contributed by atoms with Crippen LogP contribution in [0.25, 0.3) is 10.6 Å². The van der Waals surface area contributed by atoms with Gasteiger partial charge in [-0.2, -0.15) is 0 Å². The second-order valence-corrected chi connectivity index (χ2v) is 7.70. The molecule has 1 saturated heterocycles. The number of aryl methyl sites for hydroxylation is 1. The molecule has 2 aromatic rings. The average Bonchev–Trinajstić information content (AvgIpc) is 3.12. The zero-order valence-corrected chi connectivity index (χ0v) is 15.9. The summed E-state index contributed by atoms with van der Waals surface area (Å²) in [5, 5.41) is 5.93. The van der Waals surface area contributed by atoms with Crippen LogP contribution in [0.15, 0.2) is 29.6 Å². The first-order chi connectivity index (χ1) is 12.2. The highest BCUT2D eigenvalue weighted by atomic mass is 32.1. The monoisotopic (exact) mass is 357 g/mol. The van der Waals surface area contributed by atoms with E-state index in [0.29, 0.717) is 5.69 Å². The molecule has 0 spiro atoms. The molecular formula is C20H27N3OS. The Balaban J connectivity index is 1.53. The topological polar surface area (TPSA) is 45.2 Å². The molecule has 0 saturated carbocycles. The minimum absolute atomic E-state index is 0.0402. The van der Waals surface area contributed by atoms with Crippen molar-refractivity contribution in [2.24, 2.45) is 0 Å². The first-order valence-electron chi connectivity index (χ1n) is 9.21. The summed E-state index contributed by atoms with van der Waals surface area (Å²) < 4.78 is 0. The summed E-state index contributed by atoms with van der Waals surface area (Å²) in [7, 11) is 0. The fourth-order valence-electron chi connectivity index (χ4n) is 3.15. The number of rotatable bonds is 6. The van der Waals surface area contributed by atoms with Gasteiger partial charge in [-0.05, 0) is 32.7 Å². The van der Waals surface area contributed by atoms with E-state index in [0.717, 1.165) is 36.5 Å². The Morgan fingerprint density at radius 3 is 2.68 bits per heavy atom. The van der Waals surface area contributed by atoms with Gasteiger partial charge in [0, 0.05) is 30.1 Å². The molecule has 134 valence electrons. The molecule has 2 heterocycles. The minimum Gasteiger partial charge on any atom is -0.348 e. The predicted octanol–water partition coefficient (Wildman–Crippen LogP) is 4.11. The lowest BCUT2D eigenvalue weighted by atomic mass is 10.0. The van der Waals surface area contributed by atoms with Gasteiger partial charge < -0.3 is 10.2 Å². The van der Waals surface area contributed by atoms with Crippen LogP contribution in [-0.2, 0) is 0 Å². The SMILES string of the molecule is CCCCN1CCC(NC(=O)c2csc(-c3ccc(C)cc3)n2)CC1. The summed E-state index contributed by atoms with van der Waals surface area (Å²) >= 11 is 1.53. The normalized spacial score (nSPS) is 16.1. The molecule has 0 bridgehead atoms. The molecule has 1 aromatic carbocycles. The number of nitrogens with one attached hydrogen (secondary N) is 1. The Bertz CT molecular complexity index is 687. The van der Waals surface area contributed by atoms with Gasteiger partial charge in [0.15, 0.2) is 0 Å². The molecule has 1 N–H and O–H groups in total. The Morgan fingerprint density at radius 2 is 2.00 bits per heavy atom. The van der Waals surface area contributed by atoms with Gasteiger partial charge >= 0.3 is 0 Å². The summed E-state index contributed by atoms with van der Waals surface area (Å²) in [5.74, 6) is -0.0402. The van der Waals surface area contributed by atoms with E-state index in [1.165, 1.54) is 36.3 Å². The summed E-state index contributed by atoms with van der Waals surface area (Å²) in [6.45, 7) is 7.64. The number of unbranched alkanes of at least 4 members (excludes halogenated alkanes) is 1. The number of hydrogen-bond acceptors (Lipinski definition) is 4. The van der Waals surface area contributed by atoms with Crippen LogP contribution in [0.3, 0.4) is 0 Å². The van der Waals surface area contributed by atoms with Crippen molar-refractivity contribution in [3.05, 3.63) is 40.9 Å². The van der Waals surface area contributed by atoms with Gasteiger partial charge in [0.2, 0.25) is 0 Å². The van der Waals surface area contributed by atoms with Crippen molar-refractivity contribution in [1.82, 2.24) is 15.2 Å². The van der Waals surface area contributed by atoms with Crippen LogP contribution in [0.5, 0.6) is 0 Å². The van der Waals surface area contributed by atoms with Gasteiger partial charge in [0.1, 0.15) is 10.7 Å². The molecule has 1 aliphatic heterocycles. The Kier molecular flexibility index (Phi) is 6.21. The zero-order chi connectivity index (χ0) is 17.6. The smallest absolute Gasteiger partial charge is 0.270 e. The number of likely N-dealkylation sites (tertiary alicyclic amines) is 1. The highest BCUT2D eigenvalue weighted by molar-refractivity contribution is 7.13. The molecule has 4 nitrogen and oxygen atoms in total. The quantitative estimate of drug-likeness (QED) is 0.846. The van der Waals surface area contributed by atoms with Crippen LogP contribution in [-0.4, -0.2) is 41.5 Å². The minimum atomic E-state index is -0.0402. The van der Waals surface area contributed by atoms with Crippen molar-refractivity contribution in [3.63, 3.8) is 0 Å². The number of benzene rings is 1. The van der Waals surface area contributed by atoms with Crippen molar-refractivity contribution >= 4 is 17.2 Å². The number of aromatic nitrogens is 1. The number of nitrogens with zero attached hydrogens (tertiary/aromatic N) is 2. The summed E-state index contributed by atoms with van der Waals surface area (Å²) in [6.07, 6.45) is 4.57. The first-order valence-corrected chi connectivity index (χ1v) is 10.1. The van der Waals surface area contributed by atoms with Gasteiger partial charge in [-0.3, -0.25) is 4.79 Å². The van der Waals surface area contributed by atoms with E-state index in [4.69, 9.17) is 0 Å². The second kappa shape index (κ2) is 8.59. The van der Waals surface area contributed by atoms with Gasteiger partial charge in [0.05, 0.1) is 0 Å². The highest BCUT2D eigenvalue weighted by Crippen LogP contribution is 2.24. The van der Waals surface area contributed by atoms with E-state index in [9.17, 15) is 4.79 Å². The molecule has 0 unspecified atom stereocenters. The number of carbonyl (C=O) groups excluding carboxylic acids is 1. The number of amides is 1. The van der Waals surface area contributed by atoms with E-state index in [1.54, 1.807) is 0 Å². The third-order valence-electron chi connectivity index (χ3n) is 4.79. The average molecular weight is 358 g/mol. The van der Waals surface area contributed by atoms with Gasteiger partial charge in [0.25, 0.3) is 5.91 Å². The fraction of sp³-hybridized carbons (Fsp3) is 0.500. The van der Waals surface area contributed by atoms with E-state index in [-0.39, 0.29) is 11.9 Å². The summed E-state index contributed by atoms with van der Waals surface area (Å²) in [6, 6.07) is 8.53. The lowest BCUT2D eigenvalue weighted by Gasteiger charge is -2.32. The maximum Gasteiger partial charge on any atom is 0.270 e. The molecule has 5 heteroatoms. The number of carbonyl (C=O) groups is 1. The summed E-state index contributed by atoms with van der Waals surface area (Å²) in [4.78, 5) is 19.5. The van der Waals surface area contributed by atoms with Gasteiger partial charge in [-0.1, -0.05) is 43.2 Å². The van der Waals surface area contributed by atoms with Crippen LogP contribution in [0.1, 0.15) is 48.7 Å². The standard InChI is InChI=1S/C20H27N3OS/c1-3-4-11-23-12-9-17(10-13-23)21-19(24)18-14-25-20(22-18)16-7-5-15(2)6-8-16/h5-8,14,17H,3-4,9-13H2,1-2H3,(H,21,24). The van der Waals surface area contributed by atoms with Crippen LogP contribution in [0.4, 0.5) is 0 Å². The predicted molar refractivity (Wildman–Crippen MR) is 104 cm³/mol. The highest BCUT2D eigenvalue weighted by Gasteiger charge is 2.21. The number of thiazole rings is 1. The van der Waals surface area contributed by atoms with Gasteiger partial charge in [-0.25, -0.2) is 4.98 Å². The molecule has 1 fully saturated rings. The molecule has 1 aliphatic rings. The Morgan fingerprint density at radius 1 is 1.28 bits per heavy atom. The maximum absolute atomic E-state index is 12.5. The first kappa shape index (κ1) is 18.1. The maximum atomic E-state index is 12.5. The third kappa shape index (κ3) is 4.89. The number of hydrogen-bond donors (Lipinski definition) is 1. The summed E-state index contributed by atoms with van der Waals surface area (Å²) in [5.41, 5.74) is 2.83. The van der Waals surface area contributed by atoms with Crippen molar-refractivity contribution in [2.45, 2.75) is 45.6 Å². The van der Waals surface area contributed by atoms with Crippen LogP contribution in [0, 0.1) is 6.92 Å². The van der Waals surface area contributed by atoms with E-state index >= 15 is 0 Å². The van der Waals surface area contributed by atoms with E-state index < -0.39 is 0 Å². The molecule has 3 rings (SSSR count). The fourth-order valence-corrected chi connectivity index (χ4v) is 3.95. The molecule has 25 heavy (non-hydrogen) atoms. The van der Waals surface area contributed by atoms with Gasteiger partial charge in [-0.15, -0.1) is 11.3 Å². The van der Waals surface area contributed by atoms with Crippen LogP contribution >= 0.6 is 11.3 Å². The Hall–Kier alpha value is -1.72. The zero-order valence-electron chi connectivity index (χ0n) is 15.1. The molecule has 0 radical (unpaired) electrons. The van der Waals surface area contributed by atoms with Crippen molar-refractivity contribution in [1.29, 1.82) is 0 Å². The third-order valence-corrected chi connectivity index (χ3v) is 5.68. The van der Waals surface area contributed by atoms with Crippen LogP contribution < -0.4 is 5.32 Å². The van der Waals surface area contributed by atoms with Crippen molar-refractivity contribution in [3.8, 4) is 10.6 Å². The van der Waals surface area contributed by atoms with E-state index in [1.807, 2.05) is 5.38 Å². The molecule has 1 aromatic heterocycles. The molecule has 1 amide bonds. The molecule has 0 aliphatic carbocycles. The van der Waals surface area contributed by atoms with Crippen molar-refractivity contribution in [2.75, 3.05) is 19.6 Å². The number of piperidine rings is 1. The lowest BCUT2D eigenvalue weighted by molar-refractivity contribution is 0.0906. The Labute approximate surface area is 154 Å². The second-order valence-electron chi connectivity index (χ2n) is 6.85. The molecule has 0 atom stereocenters. The molecular weight excluding hydrogens is 330 g/mol. The van der Waals surface area contributed by atoms with E-state index in [2.05, 4.69) is 53.3 Å². The van der Waals surface area contributed by atoms with Crippen molar-refractivity contribution < 1.29 is 4.79 Å². The van der Waals surface area contributed by atoms with Crippen LogP contribution in [0.2, 0.25) is 0 Å². The lowest BCUT2D eigenvalue weighted by Crippen LogP contribution is -2.44.